The van der Waals surface area contributed by atoms with E-state index in [0.717, 1.165) is 16.4 Å². The monoisotopic (exact) mass is 526 g/mol. The van der Waals surface area contributed by atoms with Gasteiger partial charge < -0.3 is 11.1 Å². The van der Waals surface area contributed by atoms with Crippen molar-refractivity contribution in [3.63, 3.8) is 0 Å². The Morgan fingerprint density at radius 3 is 2.33 bits per heavy atom. The van der Waals surface area contributed by atoms with Crippen LogP contribution in [0.15, 0.2) is 82.3 Å². The van der Waals surface area contributed by atoms with Gasteiger partial charge in [-0.15, -0.1) is 11.8 Å². The van der Waals surface area contributed by atoms with Gasteiger partial charge >= 0.3 is 0 Å². The van der Waals surface area contributed by atoms with Gasteiger partial charge in [-0.1, -0.05) is 36.4 Å². The molecule has 1 heterocycles. The normalized spacial score (nSPS) is 19.5. The third kappa shape index (κ3) is 7.81. The smallest absolute Gasteiger partial charge is 0.255 e. The average molecular weight is 527 g/mol. The molecule has 2 aromatic rings. The molecule has 0 radical (unpaired) electrons. The van der Waals surface area contributed by atoms with Crippen molar-refractivity contribution in [3.05, 3.63) is 88.5 Å². The predicted octanol–water partition coefficient (Wildman–Crippen LogP) is 4.70. The van der Waals surface area contributed by atoms with Crippen molar-refractivity contribution >= 4 is 38.4 Å². The predicted molar refractivity (Wildman–Crippen MR) is 150 cm³/mol. The van der Waals surface area contributed by atoms with Crippen LogP contribution in [-0.2, 0) is 10.0 Å². The van der Waals surface area contributed by atoms with Crippen LogP contribution in [0.3, 0.4) is 0 Å². The maximum absolute atomic E-state index is 12.9. The van der Waals surface area contributed by atoms with Gasteiger partial charge in [-0.05, 0) is 65.0 Å². The molecule has 36 heavy (non-hydrogen) atoms. The fourth-order valence-electron chi connectivity index (χ4n) is 3.53. The fourth-order valence-corrected chi connectivity index (χ4v) is 6.05. The van der Waals surface area contributed by atoms with Crippen LogP contribution in [0.4, 0.5) is 5.69 Å². The molecule has 192 valence electrons. The van der Waals surface area contributed by atoms with Crippen molar-refractivity contribution in [1.29, 1.82) is 0 Å². The highest BCUT2D eigenvalue weighted by atomic mass is 32.2. The Hall–Kier alpha value is -2.88. The number of nitrogens with two attached hydrogens (primary N) is 1. The van der Waals surface area contributed by atoms with Crippen LogP contribution in [0.5, 0.6) is 0 Å². The van der Waals surface area contributed by atoms with Gasteiger partial charge in [0.1, 0.15) is 0 Å². The second-order valence-corrected chi connectivity index (χ2v) is 12.7. The lowest BCUT2D eigenvalue weighted by atomic mass is 10.0. The maximum atomic E-state index is 12.9. The SMILES string of the molecule is C/C(=C\C(=C/C1CSC(c2ccc(N)cc2)=N[C@@H]1C)NC(=O)c1ccccc1)S(=O)(=O)NC(C)(C)C. The van der Waals surface area contributed by atoms with Crippen molar-refractivity contribution in [2.75, 3.05) is 11.5 Å². The fraction of sp³-hybridized carbons (Fsp3) is 0.333. The number of hydrogen-bond acceptors (Lipinski definition) is 6. The van der Waals surface area contributed by atoms with Crippen LogP contribution >= 0.6 is 11.8 Å². The quantitative estimate of drug-likeness (QED) is 0.357. The summed E-state index contributed by atoms with van der Waals surface area (Å²) in [6, 6.07) is 16.4. The van der Waals surface area contributed by atoms with E-state index in [1.165, 1.54) is 13.0 Å². The van der Waals surface area contributed by atoms with Crippen LogP contribution in [0.2, 0.25) is 0 Å². The third-order valence-corrected chi connectivity index (χ3v) is 8.43. The zero-order valence-corrected chi connectivity index (χ0v) is 22.9. The van der Waals surface area contributed by atoms with Crippen molar-refractivity contribution in [1.82, 2.24) is 10.0 Å². The molecule has 9 heteroatoms. The van der Waals surface area contributed by atoms with Gasteiger partial charge in [0.05, 0.1) is 16.0 Å². The van der Waals surface area contributed by atoms with Gasteiger partial charge in [-0.25, -0.2) is 13.1 Å². The van der Waals surface area contributed by atoms with E-state index in [1.807, 2.05) is 43.3 Å². The van der Waals surface area contributed by atoms with E-state index in [0.29, 0.717) is 16.9 Å². The van der Waals surface area contributed by atoms with Crippen molar-refractivity contribution in [3.8, 4) is 0 Å². The topological polar surface area (TPSA) is 114 Å². The third-order valence-electron chi connectivity index (χ3n) is 5.42. The molecule has 2 atom stereocenters. The number of nitrogen functional groups attached to an aromatic ring is 1. The molecule has 1 unspecified atom stereocenters. The first-order chi connectivity index (χ1) is 16.8. The molecule has 0 fully saturated rings. The Balaban J connectivity index is 1.91. The van der Waals surface area contributed by atoms with Gasteiger partial charge in [0.25, 0.3) is 5.91 Å². The average Bonchev–Trinajstić information content (AvgIpc) is 2.80. The van der Waals surface area contributed by atoms with Crippen molar-refractivity contribution in [2.45, 2.75) is 46.2 Å². The molecular weight excluding hydrogens is 492 g/mol. The standard InChI is InChI=1S/C27H34N4O3S2/c1-18(36(33,34)31-27(3,4)5)15-24(30-25(32)20-9-7-6-8-10-20)16-22-17-35-26(29-19(22)2)21-11-13-23(28)14-12-21/h6-16,19,22,31H,17,28H2,1-5H3,(H,30,32)/b18-15+,24-16+/t19-,22?/m1/s1. The second-order valence-electron chi connectivity index (χ2n) is 9.82. The summed E-state index contributed by atoms with van der Waals surface area (Å²) in [5.74, 6) is 0.407. The molecule has 0 bridgehead atoms. The van der Waals surface area contributed by atoms with Gasteiger partial charge in [-0.2, -0.15) is 0 Å². The molecule has 4 N–H and O–H groups in total. The highest BCUT2D eigenvalue weighted by Crippen LogP contribution is 2.29. The Kier molecular flexibility index (Phi) is 8.81. The number of allylic oxidation sites excluding steroid dienone is 2. The van der Waals surface area contributed by atoms with Crippen molar-refractivity contribution in [2.24, 2.45) is 10.9 Å². The minimum atomic E-state index is -3.74. The summed E-state index contributed by atoms with van der Waals surface area (Å²) >= 11 is 1.62. The maximum Gasteiger partial charge on any atom is 0.255 e. The summed E-state index contributed by atoms with van der Waals surface area (Å²) in [7, 11) is -3.74. The number of carbonyl (C=O) groups is 1. The van der Waals surface area contributed by atoms with Crippen LogP contribution in [0, 0.1) is 5.92 Å². The number of nitrogens with one attached hydrogen (secondary N) is 2. The van der Waals surface area contributed by atoms with E-state index < -0.39 is 15.6 Å². The van der Waals surface area contributed by atoms with Gasteiger partial charge in [0, 0.05) is 39.7 Å². The van der Waals surface area contributed by atoms with E-state index in [4.69, 9.17) is 10.7 Å². The van der Waals surface area contributed by atoms with Crippen molar-refractivity contribution < 1.29 is 13.2 Å². The highest BCUT2D eigenvalue weighted by Gasteiger charge is 2.25. The van der Waals surface area contributed by atoms with Gasteiger partial charge in [0.2, 0.25) is 10.0 Å². The summed E-state index contributed by atoms with van der Waals surface area (Å²) in [4.78, 5) is 17.9. The number of nitrogens with zero attached hydrogens (tertiary/aromatic N) is 1. The Labute approximate surface area is 218 Å². The summed E-state index contributed by atoms with van der Waals surface area (Å²) in [5, 5.41) is 3.83. The summed E-state index contributed by atoms with van der Waals surface area (Å²) in [5.41, 5.74) is 7.79. The van der Waals surface area contributed by atoms with Gasteiger partial charge in [0.15, 0.2) is 0 Å². The minimum Gasteiger partial charge on any atom is -0.399 e. The lowest BCUT2D eigenvalue weighted by Crippen LogP contribution is -2.40. The first-order valence-corrected chi connectivity index (χ1v) is 14.2. The Morgan fingerprint density at radius 2 is 1.75 bits per heavy atom. The molecule has 0 saturated heterocycles. The van der Waals surface area contributed by atoms with Crippen LogP contribution in [-0.4, -0.2) is 36.7 Å². The number of aliphatic imine (C=N–C) groups is 1. The Morgan fingerprint density at radius 1 is 1.11 bits per heavy atom. The van der Waals surface area contributed by atoms with E-state index >= 15 is 0 Å². The highest BCUT2D eigenvalue weighted by molar-refractivity contribution is 8.14. The van der Waals surface area contributed by atoms with E-state index in [-0.39, 0.29) is 22.8 Å². The molecule has 0 saturated carbocycles. The molecule has 3 rings (SSSR count). The molecule has 0 spiro atoms. The number of carbonyl (C=O) groups excluding carboxylic acids is 1. The second kappa shape index (κ2) is 11.5. The molecule has 0 aromatic heterocycles. The molecule has 2 aromatic carbocycles. The molecule has 1 aliphatic heterocycles. The zero-order valence-electron chi connectivity index (χ0n) is 21.3. The summed E-state index contributed by atoms with van der Waals surface area (Å²) < 4.78 is 28.4. The summed E-state index contributed by atoms with van der Waals surface area (Å²) in [6.45, 7) is 8.88. The number of amides is 1. The van der Waals surface area contributed by atoms with Crippen LogP contribution < -0.4 is 15.8 Å². The van der Waals surface area contributed by atoms with Crippen LogP contribution in [0.1, 0.15) is 50.5 Å². The number of anilines is 1. The largest absolute Gasteiger partial charge is 0.399 e. The van der Waals surface area contributed by atoms with E-state index in [2.05, 4.69) is 10.0 Å². The first-order valence-electron chi connectivity index (χ1n) is 11.7. The Bertz CT molecular complexity index is 1280. The van der Waals surface area contributed by atoms with E-state index in [1.54, 1.807) is 56.8 Å². The minimum absolute atomic E-state index is 0.0130. The first kappa shape index (κ1) is 27.7. The molecule has 1 amide bonds. The lowest BCUT2D eigenvalue weighted by molar-refractivity contribution is 0.0967. The zero-order chi connectivity index (χ0) is 26.5. The number of sulfonamides is 1. The molecular formula is C27H34N4O3S2. The molecule has 7 nitrogen and oxygen atoms in total. The number of rotatable bonds is 7. The van der Waals surface area contributed by atoms with Gasteiger partial charge in [-0.3, -0.25) is 9.79 Å². The number of hydrogen-bond donors (Lipinski definition) is 3. The summed E-state index contributed by atoms with van der Waals surface area (Å²) in [6.07, 6.45) is 3.41. The van der Waals surface area contributed by atoms with E-state index in [9.17, 15) is 13.2 Å². The molecule has 1 aliphatic rings. The van der Waals surface area contributed by atoms with Crippen LogP contribution in [0.25, 0.3) is 0 Å². The number of thioether (sulfide) groups is 1. The lowest BCUT2D eigenvalue weighted by Gasteiger charge is -2.25. The number of benzene rings is 2. The molecule has 0 aliphatic carbocycles.